The molecule has 12 heavy (non-hydrogen) atoms. The number of ether oxygens (including phenoxy) is 1. The van der Waals surface area contributed by atoms with E-state index >= 15 is 0 Å². The van der Waals surface area contributed by atoms with Crippen LogP contribution in [0.2, 0.25) is 0 Å². The Hall–Kier alpha value is -0.640. The standard InChI is InChI=1S/C8H5BrF2O/c9-5-3-4-1-2-12-8(4)7(11)6(5)10/h3H,1-2H2. The van der Waals surface area contributed by atoms with Gasteiger partial charge in [-0.3, -0.25) is 0 Å². The lowest BCUT2D eigenvalue weighted by Crippen LogP contribution is -1.92. The molecule has 1 aromatic carbocycles. The van der Waals surface area contributed by atoms with Crippen molar-refractivity contribution in [3.63, 3.8) is 0 Å². The smallest absolute Gasteiger partial charge is 0.202 e. The van der Waals surface area contributed by atoms with Crippen molar-refractivity contribution in [3.05, 3.63) is 27.7 Å². The molecule has 0 spiro atoms. The van der Waals surface area contributed by atoms with E-state index in [1.165, 1.54) is 0 Å². The summed E-state index contributed by atoms with van der Waals surface area (Å²) in [4.78, 5) is 0. The van der Waals surface area contributed by atoms with Crippen LogP contribution in [-0.4, -0.2) is 6.61 Å². The van der Waals surface area contributed by atoms with Crippen LogP contribution in [0.5, 0.6) is 5.75 Å². The summed E-state index contributed by atoms with van der Waals surface area (Å²) < 4.78 is 31.0. The fourth-order valence-corrected chi connectivity index (χ4v) is 1.68. The molecule has 0 amide bonds. The van der Waals surface area contributed by atoms with Gasteiger partial charge in [0.1, 0.15) is 0 Å². The highest BCUT2D eigenvalue weighted by atomic mass is 79.9. The zero-order valence-electron chi connectivity index (χ0n) is 6.03. The number of fused-ring (bicyclic) bond motifs is 1. The van der Waals surface area contributed by atoms with E-state index in [4.69, 9.17) is 4.74 Å². The molecule has 0 radical (unpaired) electrons. The van der Waals surface area contributed by atoms with Crippen LogP contribution >= 0.6 is 15.9 Å². The van der Waals surface area contributed by atoms with Gasteiger partial charge in [-0.25, -0.2) is 4.39 Å². The molecule has 1 aromatic rings. The van der Waals surface area contributed by atoms with Crippen molar-refractivity contribution in [1.29, 1.82) is 0 Å². The van der Waals surface area contributed by atoms with Crippen molar-refractivity contribution in [2.75, 3.05) is 6.61 Å². The first-order valence-electron chi connectivity index (χ1n) is 3.49. The Labute approximate surface area is 76.5 Å². The topological polar surface area (TPSA) is 9.23 Å². The van der Waals surface area contributed by atoms with Gasteiger partial charge in [-0.1, -0.05) is 0 Å². The van der Waals surface area contributed by atoms with E-state index < -0.39 is 11.6 Å². The van der Waals surface area contributed by atoms with Gasteiger partial charge in [0.05, 0.1) is 11.1 Å². The fraction of sp³-hybridized carbons (Fsp3) is 0.250. The van der Waals surface area contributed by atoms with Crippen LogP contribution in [0.3, 0.4) is 0 Å². The van der Waals surface area contributed by atoms with Crippen LogP contribution < -0.4 is 4.74 Å². The molecular weight excluding hydrogens is 230 g/mol. The summed E-state index contributed by atoms with van der Waals surface area (Å²) in [5.74, 6) is -1.71. The van der Waals surface area contributed by atoms with Crippen LogP contribution in [0.15, 0.2) is 10.5 Å². The third kappa shape index (κ3) is 1.02. The molecule has 2 rings (SSSR count). The lowest BCUT2D eigenvalue weighted by molar-refractivity contribution is 0.331. The fourth-order valence-electron chi connectivity index (χ4n) is 1.23. The number of hydrogen-bond donors (Lipinski definition) is 0. The monoisotopic (exact) mass is 234 g/mol. The summed E-state index contributed by atoms with van der Waals surface area (Å²) in [7, 11) is 0. The minimum absolute atomic E-state index is 0.0655. The molecule has 0 aliphatic carbocycles. The highest BCUT2D eigenvalue weighted by Crippen LogP contribution is 2.34. The maximum atomic E-state index is 13.0. The SMILES string of the molecule is Fc1c(Br)cc2c(c1F)OCC2. The highest BCUT2D eigenvalue weighted by molar-refractivity contribution is 9.10. The molecule has 1 heterocycles. The molecule has 0 atom stereocenters. The van der Waals surface area contributed by atoms with E-state index in [2.05, 4.69) is 15.9 Å². The third-order valence-corrected chi connectivity index (χ3v) is 2.39. The van der Waals surface area contributed by atoms with E-state index in [1.54, 1.807) is 6.07 Å². The Bertz CT molecular complexity index is 338. The normalized spacial score (nSPS) is 14.2. The molecule has 0 N–H and O–H groups in total. The first-order valence-corrected chi connectivity index (χ1v) is 4.28. The van der Waals surface area contributed by atoms with Gasteiger partial charge in [-0.15, -0.1) is 0 Å². The van der Waals surface area contributed by atoms with Gasteiger partial charge in [0.2, 0.25) is 5.82 Å². The van der Waals surface area contributed by atoms with Crippen molar-refractivity contribution in [3.8, 4) is 5.75 Å². The summed E-state index contributed by atoms with van der Waals surface area (Å²) in [5, 5.41) is 0. The van der Waals surface area contributed by atoms with Crippen molar-refractivity contribution in [1.82, 2.24) is 0 Å². The van der Waals surface area contributed by atoms with Gasteiger partial charge in [-0.05, 0) is 22.0 Å². The molecule has 0 bridgehead atoms. The lowest BCUT2D eigenvalue weighted by atomic mass is 10.1. The Morgan fingerprint density at radius 3 is 2.83 bits per heavy atom. The van der Waals surface area contributed by atoms with E-state index in [0.717, 1.165) is 5.56 Å². The molecule has 0 unspecified atom stereocenters. The predicted molar refractivity (Wildman–Crippen MR) is 43.3 cm³/mol. The quantitative estimate of drug-likeness (QED) is 0.628. The van der Waals surface area contributed by atoms with E-state index in [0.29, 0.717) is 13.0 Å². The largest absolute Gasteiger partial charge is 0.490 e. The Balaban J connectivity index is 2.67. The van der Waals surface area contributed by atoms with Crippen molar-refractivity contribution >= 4 is 15.9 Å². The Kier molecular flexibility index (Phi) is 1.79. The summed E-state index contributed by atoms with van der Waals surface area (Å²) in [5.41, 5.74) is 0.723. The lowest BCUT2D eigenvalue weighted by Gasteiger charge is -2.02. The second-order valence-electron chi connectivity index (χ2n) is 2.57. The van der Waals surface area contributed by atoms with Crippen LogP contribution in [-0.2, 0) is 6.42 Å². The van der Waals surface area contributed by atoms with Crippen LogP contribution in [0.25, 0.3) is 0 Å². The second-order valence-corrected chi connectivity index (χ2v) is 3.43. The van der Waals surface area contributed by atoms with Gasteiger partial charge in [0, 0.05) is 12.0 Å². The van der Waals surface area contributed by atoms with Gasteiger partial charge >= 0.3 is 0 Å². The average Bonchev–Trinajstić information content (AvgIpc) is 2.48. The van der Waals surface area contributed by atoms with Crippen LogP contribution in [0, 0.1) is 11.6 Å². The van der Waals surface area contributed by atoms with Crippen LogP contribution in [0.4, 0.5) is 8.78 Å². The Morgan fingerprint density at radius 2 is 2.08 bits per heavy atom. The zero-order chi connectivity index (χ0) is 8.72. The van der Waals surface area contributed by atoms with Gasteiger partial charge < -0.3 is 4.74 Å². The zero-order valence-corrected chi connectivity index (χ0v) is 7.62. The van der Waals surface area contributed by atoms with Crippen molar-refractivity contribution < 1.29 is 13.5 Å². The third-order valence-electron chi connectivity index (χ3n) is 1.81. The maximum absolute atomic E-state index is 13.0. The predicted octanol–water partition coefficient (Wildman–Crippen LogP) is 2.66. The summed E-state index contributed by atoms with van der Waals surface area (Å²) in [6, 6.07) is 1.56. The Morgan fingerprint density at radius 1 is 1.33 bits per heavy atom. The van der Waals surface area contributed by atoms with Gasteiger partial charge in [0.15, 0.2) is 11.6 Å². The molecule has 1 aliphatic heterocycles. The van der Waals surface area contributed by atoms with E-state index in [1.807, 2.05) is 0 Å². The van der Waals surface area contributed by atoms with Gasteiger partial charge in [0.25, 0.3) is 0 Å². The number of rotatable bonds is 0. The highest BCUT2D eigenvalue weighted by Gasteiger charge is 2.22. The minimum Gasteiger partial charge on any atom is -0.490 e. The summed E-state index contributed by atoms with van der Waals surface area (Å²) >= 11 is 2.93. The summed E-state index contributed by atoms with van der Waals surface area (Å²) in [6.45, 7) is 0.433. The minimum atomic E-state index is -0.892. The molecule has 0 fully saturated rings. The average molecular weight is 235 g/mol. The molecule has 0 aromatic heterocycles. The number of hydrogen-bond acceptors (Lipinski definition) is 1. The summed E-state index contributed by atoms with van der Waals surface area (Å²) in [6.07, 6.45) is 0.644. The van der Waals surface area contributed by atoms with Crippen LogP contribution in [0.1, 0.15) is 5.56 Å². The molecule has 1 aliphatic rings. The van der Waals surface area contributed by atoms with Crippen molar-refractivity contribution in [2.24, 2.45) is 0 Å². The second kappa shape index (κ2) is 2.69. The molecule has 0 saturated carbocycles. The number of halogens is 3. The maximum Gasteiger partial charge on any atom is 0.202 e. The molecule has 4 heteroatoms. The van der Waals surface area contributed by atoms with E-state index in [-0.39, 0.29) is 10.2 Å². The van der Waals surface area contributed by atoms with Gasteiger partial charge in [-0.2, -0.15) is 4.39 Å². The number of benzene rings is 1. The first kappa shape index (κ1) is 7.98. The first-order chi connectivity index (χ1) is 5.70. The molecule has 0 saturated heterocycles. The van der Waals surface area contributed by atoms with Crippen molar-refractivity contribution in [2.45, 2.75) is 6.42 Å². The van der Waals surface area contributed by atoms with E-state index in [9.17, 15) is 8.78 Å². The molecule has 64 valence electrons. The molecule has 1 nitrogen and oxygen atoms in total. The molecular formula is C8H5BrF2O.